The van der Waals surface area contributed by atoms with Crippen molar-refractivity contribution >= 4 is 28.8 Å². The first-order chi connectivity index (χ1) is 9.68. The van der Waals surface area contributed by atoms with Gasteiger partial charge in [0.1, 0.15) is 0 Å². The second-order valence-corrected chi connectivity index (χ2v) is 6.79. The van der Waals surface area contributed by atoms with Crippen LogP contribution in [0.2, 0.25) is 5.02 Å². The van der Waals surface area contributed by atoms with E-state index in [-0.39, 0.29) is 11.3 Å². The van der Waals surface area contributed by atoms with Crippen molar-refractivity contribution in [3.8, 4) is 0 Å². The lowest BCUT2D eigenvalue weighted by atomic mass is 9.96. The van der Waals surface area contributed by atoms with E-state index in [9.17, 15) is 4.79 Å². The summed E-state index contributed by atoms with van der Waals surface area (Å²) in [6.45, 7) is 0.721. The Bertz CT molecular complexity index is 587. The standard InChI is InChI=1S/C16H16ClNOS/c17-13-5-3-12(4-6-13)16(7-8-16)11-18-15(19)10-14-2-1-9-20-14/h1-6,9H,7-8,10-11H2,(H,18,19). The Morgan fingerprint density at radius 3 is 2.60 bits per heavy atom. The van der Waals surface area contributed by atoms with Gasteiger partial charge in [0.15, 0.2) is 0 Å². The Balaban J connectivity index is 1.57. The first-order valence-electron chi connectivity index (χ1n) is 6.73. The minimum Gasteiger partial charge on any atom is -0.355 e. The summed E-state index contributed by atoms with van der Waals surface area (Å²) in [6, 6.07) is 12.0. The third kappa shape index (κ3) is 3.05. The van der Waals surface area contributed by atoms with E-state index >= 15 is 0 Å². The third-order valence-electron chi connectivity index (χ3n) is 3.85. The monoisotopic (exact) mass is 305 g/mol. The highest BCUT2D eigenvalue weighted by atomic mass is 35.5. The Kier molecular flexibility index (Phi) is 3.81. The summed E-state index contributed by atoms with van der Waals surface area (Å²) in [6.07, 6.45) is 2.75. The number of carbonyl (C=O) groups excluding carboxylic acids is 1. The Morgan fingerprint density at radius 2 is 2.00 bits per heavy atom. The first kappa shape index (κ1) is 13.7. The Labute approximate surface area is 127 Å². The molecule has 1 aromatic carbocycles. The van der Waals surface area contributed by atoms with Crippen LogP contribution in [0.4, 0.5) is 0 Å². The zero-order valence-electron chi connectivity index (χ0n) is 11.1. The molecule has 0 radical (unpaired) electrons. The third-order valence-corrected chi connectivity index (χ3v) is 4.98. The molecular weight excluding hydrogens is 290 g/mol. The number of nitrogens with one attached hydrogen (secondary N) is 1. The SMILES string of the molecule is O=C(Cc1cccs1)NCC1(c2ccc(Cl)cc2)CC1. The summed E-state index contributed by atoms with van der Waals surface area (Å²) >= 11 is 7.54. The fourth-order valence-corrected chi connectivity index (χ4v) is 3.25. The van der Waals surface area contributed by atoms with Crippen LogP contribution in [0.25, 0.3) is 0 Å². The van der Waals surface area contributed by atoms with Gasteiger partial charge < -0.3 is 5.32 Å². The van der Waals surface area contributed by atoms with Crippen molar-refractivity contribution in [1.29, 1.82) is 0 Å². The Hall–Kier alpha value is -1.32. The van der Waals surface area contributed by atoms with Crippen molar-refractivity contribution in [3.05, 3.63) is 57.2 Å². The number of thiophene rings is 1. The summed E-state index contributed by atoms with van der Waals surface area (Å²) in [4.78, 5) is 13.1. The lowest BCUT2D eigenvalue weighted by molar-refractivity contribution is -0.120. The van der Waals surface area contributed by atoms with Crippen LogP contribution in [-0.2, 0) is 16.6 Å². The topological polar surface area (TPSA) is 29.1 Å². The molecule has 20 heavy (non-hydrogen) atoms. The van der Waals surface area contributed by atoms with Crippen LogP contribution in [0.1, 0.15) is 23.3 Å². The molecule has 0 bridgehead atoms. The maximum absolute atomic E-state index is 11.9. The number of halogens is 1. The summed E-state index contributed by atoms with van der Waals surface area (Å²) in [5, 5.41) is 5.83. The van der Waals surface area contributed by atoms with Gasteiger partial charge in [0, 0.05) is 21.9 Å². The van der Waals surface area contributed by atoms with Gasteiger partial charge in [-0.3, -0.25) is 4.79 Å². The first-order valence-corrected chi connectivity index (χ1v) is 7.99. The van der Waals surface area contributed by atoms with Crippen LogP contribution >= 0.6 is 22.9 Å². The van der Waals surface area contributed by atoms with Gasteiger partial charge in [-0.25, -0.2) is 0 Å². The molecular formula is C16H16ClNOS. The van der Waals surface area contributed by atoms with Gasteiger partial charge in [0.2, 0.25) is 5.91 Å². The minimum atomic E-state index is 0.104. The molecule has 3 rings (SSSR count). The number of rotatable bonds is 5. The van der Waals surface area contributed by atoms with E-state index in [1.165, 1.54) is 5.56 Å². The lowest BCUT2D eigenvalue weighted by Crippen LogP contribution is -2.33. The summed E-state index contributed by atoms with van der Waals surface area (Å²) in [5.41, 5.74) is 1.41. The quantitative estimate of drug-likeness (QED) is 0.894. The van der Waals surface area contributed by atoms with Crippen molar-refractivity contribution < 1.29 is 4.79 Å². The molecule has 1 aliphatic rings. The van der Waals surface area contributed by atoms with Crippen LogP contribution in [0.15, 0.2) is 41.8 Å². The second kappa shape index (κ2) is 5.58. The number of hydrogen-bond acceptors (Lipinski definition) is 2. The molecule has 0 aliphatic heterocycles. The van der Waals surface area contributed by atoms with Crippen LogP contribution in [-0.4, -0.2) is 12.5 Å². The number of amides is 1. The summed E-state index contributed by atoms with van der Waals surface area (Å²) < 4.78 is 0. The average molecular weight is 306 g/mol. The van der Waals surface area contributed by atoms with Gasteiger partial charge in [0.05, 0.1) is 6.42 Å². The highest BCUT2D eigenvalue weighted by Crippen LogP contribution is 2.47. The number of benzene rings is 1. The fourth-order valence-electron chi connectivity index (χ4n) is 2.42. The van der Waals surface area contributed by atoms with E-state index in [2.05, 4.69) is 17.4 Å². The zero-order chi connectivity index (χ0) is 14.0. The molecule has 2 aromatic rings. The number of carbonyl (C=O) groups is 1. The molecule has 1 amide bonds. The van der Waals surface area contributed by atoms with Gasteiger partial charge in [0.25, 0.3) is 0 Å². The zero-order valence-corrected chi connectivity index (χ0v) is 12.6. The van der Waals surface area contributed by atoms with E-state index in [0.29, 0.717) is 6.42 Å². The molecule has 0 atom stereocenters. The smallest absolute Gasteiger partial charge is 0.225 e. The highest BCUT2D eigenvalue weighted by Gasteiger charge is 2.44. The van der Waals surface area contributed by atoms with Crippen molar-refractivity contribution in [2.24, 2.45) is 0 Å². The van der Waals surface area contributed by atoms with E-state index in [1.807, 2.05) is 29.6 Å². The number of hydrogen-bond donors (Lipinski definition) is 1. The van der Waals surface area contributed by atoms with Gasteiger partial charge >= 0.3 is 0 Å². The molecule has 1 saturated carbocycles. The van der Waals surface area contributed by atoms with E-state index in [4.69, 9.17) is 11.6 Å². The minimum absolute atomic E-state index is 0.104. The largest absolute Gasteiger partial charge is 0.355 e. The molecule has 1 aliphatic carbocycles. The molecule has 2 nitrogen and oxygen atoms in total. The molecule has 1 heterocycles. The molecule has 1 aromatic heterocycles. The van der Waals surface area contributed by atoms with Crippen LogP contribution < -0.4 is 5.32 Å². The van der Waals surface area contributed by atoms with Crippen molar-refractivity contribution in [3.63, 3.8) is 0 Å². The van der Waals surface area contributed by atoms with Crippen molar-refractivity contribution in [1.82, 2.24) is 5.32 Å². The normalized spacial score (nSPS) is 15.8. The van der Waals surface area contributed by atoms with E-state index in [1.54, 1.807) is 11.3 Å². The van der Waals surface area contributed by atoms with E-state index < -0.39 is 0 Å². The molecule has 1 fully saturated rings. The highest BCUT2D eigenvalue weighted by molar-refractivity contribution is 7.10. The average Bonchev–Trinajstić information content (AvgIpc) is 3.07. The maximum Gasteiger partial charge on any atom is 0.225 e. The summed E-state index contributed by atoms with van der Waals surface area (Å²) in [7, 11) is 0. The second-order valence-electron chi connectivity index (χ2n) is 5.32. The van der Waals surface area contributed by atoms with Gasteiger partial charge in [-0.2, -0.15) is 0 Å². The molecule has 104 valence electrons. The maximum atomic E-state index is 11.9. The van der Waals surface area contributed by atoms with E-state index in [0.717, 1.165) is 29.3 Å². The predicted molar refractivity (Wildman–Crippen MR) is 83.4 cm³/mol. The lowest BCUT2D eigenvalue weighted by Gasteiger charge is -2.16. The van der Waals surface area contributed by atoms with Gasteiger partial charge in [-0.15, -0.1) is 11.3 Å². The van der Waals surface area contributed by atoms with Crippen molar-refractivity contribution in [2.45, 2.75) is 24.7 Å². The molecule has 0 spiro atoms. The van der Waals surface area contributed by atoms with Gasteiger partial charge in [-0.05, 0) is 42.0 Å². The van der Waals surface area contributed by atoms with Crippen LogP contribution in [0.5, 0.6) is 0 Å². The van der Waals surface area contributed by atoms with Crippen LogP contribution in [0, 0.1) is 0 Å². The molecule has 0 unspecified atom stereocenters. The van der Waals surface area contributed by atoms with Crippen LogP contribution in [0.3, 0.4) is 0 Å². The summed E-state index contributed by atoms with van der Waals surface area (Å²) in [5.74, 6) is 0.104. The fraction of sp³-hybridized carbons (Fsp3) is 0.312. The molecule has 0 saturated heterocycles. The predicted octanol–water partition coefficient (Wildman–Crippen LogP) is 3.79. The van der Waals surface area contributed by atoms with Gasteiger partial charge in [-0.1, -0.05) is 29.8 Å². The molecule has 1 N–H and O–H groups in total. The van der Waals surface area contributed by atoms with Crippen molar-refractivity contribution in [2.75, 3.05) is 6.54 Å². The molecule has 4 heteroatoms. The Morgan fingerprint density at radius 1 is 1.25 bits per heavy atom.